The molecule has 3 heterocycles. The lowest BCUT2D eigenvalue weighted by Crippen LogP contribution is -2.46. The van der Waals surface area contributed by atoms with E-state index in [1.165, 1.54) is 0 Å². The molecule has 1 atom stereocenters. The van der Waals surface area contributed by atoms with E-state index in [1.54, 1.807) is 12.3 Å². The number of nitrogens with one attached hydrogen (secondary N) is 1. The summed E-state index contributed by atoms with van der Waals surface area (Å²) in [5.41, 5.74) is 0.817. The molecular weight excluding hydrogens is 266 g/mol. The maximum Gasteiger partial charge on any atom is 0.270 e. The van der Waals surface area contributed by atoms with E-state index < -0.39 is 0 Å². The van der Waals surface area contributed by atoms with Gasteiger partial charge in [0, 0.05) is 24.2 Å². The molecule has 0 aromatic carbocycles. The largest absolute Gasteiger partial charge is 0.375 e. The van der Waals surface area contributed by atoms with Crippen LogP contribution < -0.4 is 5.32 Å². The minimum Gasteiger partial charge on any atom is -0.375 e. The van der Waals surface area contributed by atoms with Gasteiger partial charge in [0.25, 0.3) is 5.91 Å². The fourth-order valence-electron chi connectivity index (χ4n) is 2.69. The van der Waals surface area contributed by atoms with Gasteiger partial charge in [-0.15, -0.1) is 0 Å². The van der Waals surface area contributed by atoms with Gasteiger partial charge < -0.3 is 10.1 Å². The van der Waals surface area contributed by atoms with E-state index in [0.29, 0.717) is 17.9 Å². The van der Waals surface area contributed by atoms with Crippen LogP contribution >= 0.6 is 0 Å². The van der Waals surface area contributed by atoms with Crippen molar-refractivity contribution in [1.29, 1.82) is 0 Å². The minimum absolute atomic E-state index is 0.127. The molecule has 1 saturated heterocycles. The first-order valence-corrected chi connectivity index (χ1v) is 7.20. The average molecular weight is 285 g/mol. The molecule has 3 rings (SSSR count). The van der Waals surface area contributed by atoms with Crippen molar-refractivity contribution in [1.82, 2.24) is 15.3 Å². The Balaban J connectivity index is 1.74. The van der Waals surface area contributed by atoms with Gasteiger partial charge in [-0.25, -0.2) is 9.97 Å². The van der Waals surface area contributed by atoms with E-state index in [2.05, 4.69) is 15.3 Å². The molecule has 5 nitrogen and oxygen atoms in total. The highest BCUT2D eigenvalue weighted by Gasteiger charge is 2.30. The van der Waals surface area contributed by atoms with Crippen LogP contribution in [0.25, 0.3) is 11.0 Å². The Morgan fingerprint density at radius 1 is 1.38 bits per heavy atom. The molecule has 1 aliphatic rings. The number of carbonyl (C=O) groups excluding carboxylic acids is 1. The Hall–Kier alpha value is -2.01. The monoisotopic (exact) mass is 285 g/mol. The van der Waals surface area contributed by atoms with Crippen LogP contribution in [0.3, 0.4) is 0 Å². The first kappa shape index (κ1) is 13.9. The molecule has 1 aliphatic heterocycles. The summed E-state index contributed by atoms with van der Waals surface area (Å²) in [5, 5.41) is 3.98. The third-order valence-electron chi connectivity index (χ3n) is 3.73. The van der Waals surface area contributed by atoms with Crippen LogP contribution in [-0.4, -0.2) is 34.1 Å². The highest BCUT2D eigenvalue weighted by molar-refractivity contribution is 5.94. The second kappa shape index (κ2) is 5.41. The Morgan fingerprint density at radius 2 is 2.24 bits per heavy atom. The number of hydrogen-bond acceptors (Lipinski definition) is 4. The van der Waals surface area contributed by atoms with Crippen molar-refractivity contribution in [2.75, 3.05) is 6.61 Å². The van der Waals surface area contributed by atoms with E-state index >= 15 is 0 Å². The van der Waals surface area contributed by atoms with Crippen LogP contribution in [0, 0.1) is 0 Å². The van der Waals surface area contributed by atoms with Crippen molar-refractivity contribution in [3.8, 4) is 0 Å². The first-order chi connectivity index (χ1) is 10.0. The zero-order valence-electron chi connectivity index (χ0n) is 12.3. The smallest absolute Gasteiger partial charge is 0.270 e. The predicted molar refractivity (Wildman–Crippen MR) is 80.1 cm³/mol. The highest BCUT2D eigenvalue weighted by Crippen LogP contribution is 2.24. The Morgan fingerprint density at radius 3 is 3.05 bits per heavy atom. The van der Waals surface area contributed by atoms with Crippen molar-refractivity contribution in [2.24, 2.45) is 0 Å². The molecule has 0 saturated carbocycles. The SMILES string of the molecule is CC1(C)C[C@H](NC(=O)c2ccc3cccnc3n2)CCO1. The van der Waals surface area contributed by atoms with E-state index in [4.69, 9.17) is 4.74 Å². The van der Waals surface area contributed by atoms with Crippen LogP contribution in [-0.2, 0) is 4.74 Å². The zero-order chi connectivity index (χ0) is 14.9. The summed E-state index contributed by atoms with van der Waals surface area (Å²) in [7, 11) is 0. The van der Waals surface area contributed by atoms with Crippen LogP contribution in [0.15, 0.2) is 30.5 Å². The number of fused-ring (bicyclic) bond motifs is 1. The summed E-state index contributed by atoms with van der Waals surface area (Å²) >= 11 is 0. The highest BCUT2D eigenvalue weighted by atomic mass is 16.5. The maximum absolute atomic E-state index is 12.3. The lowest BCUT2D eigenvalue weighted by atomic mass is 9.94. The number of rotatable bonds is 2. The summed E-state index contributed by atoms with van der Waals surface area (Å²) in [4.78, 5) is 20.8. The quantitative estimate of drug-likeness (QED) is 0.919. The van der Waals surface area contributed by atoms with Crippen LogP contribution in [0.1, 0.15) is 37.2 Å². The summed E-state index contributed by atoms with van der Waals surface area (Å²) < 4.78 is 5.66. The van der Waals surface area contributed by atoms with Crippen molar-refractivity contribution in [3.05, 3.63) is 36.2 Å². The number of aromatic nitrogens is 2. The zero-order valence-corrected chi connectivity index (χ0v) is 12.3. The summed E-state index contributed by atoms with van der Waals surface area (Å²) in [6, 6.07) is 7.52. The number of nitrogens with zero attached hydrogens (tertiary/aromatic N) is 2. The van der Waals surface area contributed by atoms with Gasteiger partial charge in [-0.2, -0.15) is 0 Å². The van der Waals surface area contributed by atoms with E-state index in [-0.39, 0.29) is 17.6 Å². The standard InChI is InChI=1S/C16H19N3O2/c1-16(2)10-12(7-9-21-16)18-15(20)13-6-5-11-4-3-8-17-14(11)19-13/h3-6,8,12H,7,9-10H2,1-2H3,(H,18,20)/t12-/m1/s1. The number of amides is 1. The molecule has 2 aromatic heterocycles. The van der Waals surface area contributed by atoms with E-state index in [9.17, 15) is 4.79 Å². The number of hydrogen-bond donors (Lipinski definition) is 1. The van der Waals surface area contributed by atoms with Gasteiger partial charge in [0.1, 0.15) is 5.69 Å². The molecule has 110 valence electrons. The second-order valence-corrected chi connectivity index (χ2v) is 6.02. The second-order valence-electron chi connectivity index (χ2n) is 6.02. The summed E-state index contributed by atoms with van der Waals surface area (Å²) in [6.07, 6.45) is 3.32. The van der Waals surface area contributed by atoms with Crippen LogP contribution in [0.5, 0.6) is 0 Å². The molecular formula is C16H19N3O2. The molecule has 0 aliphatic carbocycles. The van der Waals surface area contributed by atoms with Gasteiger partial charge in [0.15, 0.2) is 5.65 Å². The fourth-order valence-corrected chi connectivity index (χ4v) is 2.69. The lowest BCUT2D eigenvalue weighted by molar-refractivity contribution is -0.0615. The molecule has 0 radical (unpaired) electrons. The van der Waals surface area contributed by atoms with Crippen molar-refractivity contribution >= 4 is 16.9 Å². The average Bonchev–Trinajstić information content (AvgIpc) is 2.45. The molecule has 0 bridgehead atoms. The topological polar surface area (TPSA) is 64.1 Å². The van der Waals surface area contributed by atoms with Gasteiger partial charge in [-0.1, -0.05) is 0 Å². The minimum atomic E-state index is -0.186. The maximum atomic E-state index is 12.3. The molecule has 1 N–H and O–H groups in total. The Bertz CT molecular complexity index is 669. The van der Waals surface area contributed by atoms with Gasteiger partial charge in [0.2, 0.25) is 0 Å². The molecule has 5 heteroatoms. The molecule has 0 unspecified atom stereocenters. The van der Waals surface area contributed by atoms with Gasteiger partial charge >= 0.3 is 0 Å². The number of carbonyl (C=O) groups is 1. The fraction of sp³-hybridized carbons (Fsp3) is 0.438. The normalized spacial score (nSPS) is 21.1. The van der Waals surface area contributed by atoms with Crippen LogP contribution in [0.2, 0.25) is 0 Å². The molecule has 2 aromatic rings. The molecule has 1 fully saturated rings. The Kier molecular flexibility index (Phi) is 3.59. The molecule has 21 heavy (non-hydrogen) atoms. The summed E-state index contributed by atoms with van der Waals surface area (Å²) in [6.45, 7) is 4.76. The first-order valence-electron chi connectivity index (χ1n) is 7.20. The Labute approximate surface area is 123 Å². The number of ether oxygens (including phenoxy) is 1. The van der Waals surface area contributed by atoms with Crippen molar-refractivity contribution < 1.29 is 9.53 Å². The third-order valence-corrected chi connectivity index (χ3v) is 3.73. The van der Waals surface area contributed by atoms with E-state index in [0.717, 1.165) is 18.2 Å². The van der Waals surface area contributed by atoms with Gasteiger partial charge in [-0.3, -0.25) is 4.79 Å². The molecule has 0 spiro atoms. The lowest BCUT2D eigenvalue weighted by Gasteiger charge is -2.35. The van der Waals surface area contributed by atoms with E-state index in [1.807, 2.05) is 32.0 Å². The van der Waals surface area contributed by atoms with Gasteiger partial charge in [-0.05, 0) is 51.0 Å². The third kappa shape index (κ3) is 3.19. The van der Waals surface area contributed by atoms with Gasteiger partial charge in [0.05, 0.1) is 5.60 Å². The van der Waals surface area contributed by atoms with Crippen LogP contribution in [0.4, 0.5) is 0 Å². The van der Waals surface area contributed by atoms with Crippen molar-refractivity contribution in [3.63, 3.8) is 0 Å². The summed E-state index contributed by atoms with van der Waals surface area (Å²) in [5.74, 6) is -0.148. The number of pyridine rings is 2. The molecule has 1 amide bonds. The predicted octanol–water partition coefficient (Wildman–Crippen LogP) is 2.32. The van der Waals surface area contributed by atoms with Crippen molar-refractivity contribution in [2.45, 2.75) is 38.3 Å².